The molecule has 4 heteroatoms. The zero-order valence-corrected chi connectivity index (χ0v) is 16.5. The molecule has 1 aromatic heterocycles. The summed E-state index contributed by atoms with van der Waals surface area (Å²) in [6.45, 7) is 4.51. The molecule has 1 N–H and O–H groups in total. The highest BCUT2D eigenvalue weighted by Gasteiger charge is 2.16. The molecule has 0 spiro atoms. The molecule has 0 aliphatic rings. The van der Waals surface area contributed by atoms with Gasteiger partial charge in [-0.3, -0.25) is 9.79 Å². The summed E-state index contributed by atoms with van der Waals surface area (Å²) < 4.78 is 1.36. The molecule has 0 fully saturated rings. The molecule has 0 atom stereocenters. The van der Waals surface area contributed by atoms with Crippen LogP contribution in [0.2, 0.25) is 0 Å². The van der Waals surface area contributed by atoms with Crippen molar-refractivity contribution in [2.45, 2.75) is 20.4 Å². The fourth-order valence-electron chi connectivity index (χ4n) is 3.42. The van der Waals surface area contributed by atoms with Gasteiger partial charge in [0, 0.05) is 17.0 Å². The van der Waals surface area contributed by atoms with E-state index in [1.165, 1.54) is 4.57 Å². The van der Waals surface area contributed by atoms with Crippen molar-refractivity contribution in [2.24, 2.45) is 4.99 Å². The number of benzene rings is 3. The number of aliphatic imine (C=N–C) groups is 1. The lowest BCUT2D eigenvalue weighted by molar-refractivity contribution is 0.436. The number of pyridine rings is 1. The predicted molar refractivity (Wildman–Crippen MR) is 118 cm³/mol. The van der Waals surface area contributed by atoms with Crippen LogP contribution < -0.4 is 5.56 Å². The molecule has 29 heavy (non-hydrogen) atoms. The standard InChI is InChI=1S/C25H22N2O2/c1-17-12-13-20(14-18(17)2)27-24(28)22-11-7-6-10-21(22)23(25(27)29)16-26-15-19-8-4-3-5-9-19/h3-14,16,29H,15H2,1-2H3. The van der Waals surface area contributed by atoms with Crippen LogP contribution in [0.5, 0.6) is 5.88 Å². The summed E-state index contributed by atoms with van der Waals surface area (Å²) in [5.74, 6) is -0.103. The highest BCUT2D eigenvalue weighted by atomic mass is 16.3. The predicted octanol–water partition coefficient (Wildman–Crippen LogP) is 4.93. The molecule has 1 heterocycles. The van der Waals surface area contributed by atoms with Crippen molar-refractivity contribution in [3.05, 3.63) is 105 Å². The van der Waals surface area contributed by atoms with Crippen LogP contribution in [-0.4, -0.2) is 15.9 Å². The van der Waals surface area contributed by atoms with Gasteiger partial charge in [0.25, 0.3) is 5.56 Å². The molecule has 4 aromatic rings. The summed E-state index contributed by atoms with van der Waals surface area (Å²) in [7, 11) is 0. The Hall–Kier alpha value is -3.66. The topological polar surface area (TPSA) is 54.6 Å². The lowest BCUT2D eigenvalue weighted by atomic mass is 10.1. The molecular weight excluding hydrogens is 360 g/mol. The molecule has 0 amide bonds. The molecule has 0 radical (unpaired) electrons. The normalized spacial score (nSPS) is 11.4. The third-order valence-electron chi connectivity index (χ3n) is 5.19. The Bertz CT molecular complexity index is 1270. The highest BCUT2D eigenvalue weighted by Crippen LogP contribution is 2.26. The summed E-state index contributed by atoms with van der Waals surface area (Å²) in [6.07, 6.45) is 1.65. The first-order valence-electron chi connectivity index (χ1n) is 9.54. The lowest BCUT2D eigenvalue weighted by Crippen LogP contribution is -2.20. The largest absolute Gasteiger partial charge is 0.494 e. The van der Waals surface area contributed by atoms with E-state index < -0.39 is 0 Å². The maximum atomic E-state index is 13.2. The molecule has 144 valence electrons. The van der Waals surface area contributed by atoms with E-state index >= 15 is 0 Å². The van der Waals surface area contributed by atoms with Gasteiger partial charge in [0.2, 0.25) is 5.88 Å². The zero-order chi connectivity index (χ0) is 20.4. The van der Waals surface area contributed by atoms with Gasteiger partial charge in [-0.2, -0.15) is 0 Å². The van der Waals surface area contributed by atoms with E-state index in [0.717, 1.165) is 16.7 Å². The summed E-state index contributed by atoms with van der Waals surface area (Å²) in [5.41, 5.74) is 4.19. The van der Waals surface area contributed by atoms with Gasteiger partial charge in [-0.15, -0.1) is 0 Å². The fraction of sp³-hybridized carbons (Fsp3) is 0.120. The van der Waals surface area contributed by atoms with Crippen LogP contribution in [0.4, 0.5) is 0 Å². The molecule has 0 bridgehead atoms. The van der Waals surface area contributed by atoms with Crippen LogP contribution >= 0.6 is 0 Å². The van der Waals surface area contributed by atoms with E-state index in [1.807, 2.05) is 80.6 Å². The summed E-state index contributed by atoms with van der Waals surface area (Å²) in [4.78, 5) is 17.7. The lowest BCUT2D eigenvalue weighted by Gasteiger charge is -2.14. The van der Waals surface area contributed by atoms with Crippen molar-refractivity contribution in [2.75, 3.05) is 0 Å². The van der Waals surface area contributed by atoms with E-state index in [4.69, 9.17) is 0 Å². The summed E-state index contributed by atoms with van der Waals surface area (Å²) >= 11 is 0. The van der Waals surface area contributed by atoms with Gasteiger partial charge in [0.1, 0.15) is 0 Å². The number of aromatic nitrogens is 1. The quantitative estimate of drug-likeness (QED) is 0.509. The number of rotatable bonds is 4. The average Bonchev–Trinajstić information content (AvgIpc) is 2.74. The monoisotopic (exact) mass is 382 g/mol. The van der Waals surface area contributed by atoms with Gasteiger partial charge >= 0.3 is 0 Å². The first kappa shape index (κ1) is 18.7. The molecular formula is C25H22N2O2. The Morgan fingerprint density at radius 2 is 1.59 bits per heavy atom. The Morgan fingerprint density at radius 3 is 2.31 bits per heavy atom. The van der Waals surface area contributed by atoms with Gasteiger partial charge in [-0.05, 0) is 48.7 Å². The van der Waals surface area contributed by atoms with Crippen LogP contribution in [0.25, 0.3) is 16.5 Å². The van der Waals surface area contributed by atoms with E-state index in [1.54, 1.807) is 12.3 Å². The molecule has 3 aromatic carbocycles. The van der Waals surface area contributed by atoms with Crippen LogP contribution in [0.1, 0.15) is 22.3 Å². The Balaban J connectivity index is 1.89. The number of aromatic hydroxyl groups is 1. The number of hydrogen-bond donors (Lipinski definition) is 1. The van der Waals surface area contributed by atoms with E-state index in [2.05, 4.69) is 4.99 Å². The van der Waals surface area contributed by atoms with Crippen molar-refractivity contribution in [1.82, 2.24) is 4.57 Å². The van der Waals surface area contributed by atoms with Crippen molar-refractivity contribution >= 4 is 17.0 Å². The third kappa shape index (κ3) is 3.57. The fourth-order valence-corrected chi connectivity index (χ4v) is 3.42. The molecule has 0 unspecified atom stereocenters. The molecule has 4 rings (SSSR count). The second kappa shape index (κ2) is 7.76. The maximum Gasteiger partial charge on any atom is 0.265 e. The third-order valence-corrected chi connectivity index (χ3v) is 5.19. The van der Waals surface area contributed by atoms with E-state index in [-0.39, 0.29) is 11.4 Å². The molecule has 0 saturated carbocycles. The number of aryl methyl sites for hydroxylation is 2. The minimum absolute atomic E-state index is 0.103. The second-order valence-corrected chi connectivity index (χ2v) is 7.15. The number of hydrogen-bond acceptors (Lipinski definition) is 3. The van der Waals surface area contributed by atoms with E-state index in [0.29, 0.717) is 28.6 Å². The van der Waals surface area contributed by atoms with Gasteiger partial charge in [-0.25, -0.2) is 4.57 Å². The van der Waals surface area contributed by atoms with Gasteiger partial charge in [0.15, 0.2) is 0 Å². The van der Waals surface area contributed by atoms with E-state index in [9.17, 15) is 9.90 Å². The SMILES string of the molecule is Cc1ccc(-n2c(O)c(C=NCc3ccccc3)c3ccccc3c2=O)cc1C. The van der Waals surface area contributed by atoms with Crippen LogP contribution in [0.3, 0.4) is 0 Å². The van der Waals surface area contributed by atoms with Gasteiger partial charge in [0.05, 0.1) is 17.8 Å². The van der Waals surface area contributed by atoms with Crippen LogP contribution in [0.15, 0.2) is 82.6 Å². The molecule has 0 aliphatic heterocycles. The van der Waals surface area contributed by atoms with Crippen molar-refractivity contribution in [3.63, 3.8) is 0 Å². The smallest absolute Gasteiger partial charge is 0.265 e. The summed E-state index contributed by atoms with van der Waals surface area (Å²) in [5, 5.41) is 12.3. The first-order chi connectivity index (χ1) is 14.1. The first-order valence-corrected chi connectivity index (χ1v) is 9.54. The minimum atomic E-state index is -0.249. The summed E-state index contributed by atoms with van der Waals surface area (Å²) in [6, 6.07) is 22.9. The van der Waals surface area contributed by atoms with Gasteiger partial charge in [-0.1, -0.05) is 54.6 Å². The average molecular weight is 382 g/mol. The van der Waals surface area contributed by atoms with Gasteiger partial charge < -0.3 is 5.11 Å². The Kier molecular flexibility index (Phi) is 5.00. The zero-order valence-electron chi connectivity index (χ0n) is 16.5. The molecule has 0 saturated heterocycles. The van der Waals surface area contributed by atoms with Crippen molar-refractivity contribution in [3.8, 4) is 11.6 Å². The molecule has 4 nitrogen and oxygen atoms in total. The number of nitrogens with zero attached hydrogens (tertiary/aromatic N) is 2. The Morgan fingerprint density at radius 1 is 0.897 bits per heavy atom. The van der Waals surface area contributed by atoms with Crippen LogP contribution in [-0.2, 0) is 6.54 Å². The Labute approximate surface area is 169 Å². The number of fused-ring (bicyclic) bond motifs is 1. The molecule has 0 aliphatic carbocycles. The van der Waals surface area contributed by atoms with Crippen molar-refractivity contribution in [1.29, 1.82) is 0 Å². The maximum absolute atomic E-state index is 13.2. The second-order valence-electron chi connectivity index (χ2n) is 7.15. The van der Waals surface area contributed by atoms with Crippen molar-refractivity contribution < 1.29 is 5.11 Å². The minimum Gasteiger partial charge on any atom is -0.494 e. The highest BCUT2D eigenvalue weighted by molar-refractivity contribution is 6.01. The van der Waals surface area contributed by atoms with Crippen LogP contribution in [0, 0.1) is 13.8 Å².